The summed E-state index contributed by atoms with van der Waals surface area (Å²) in [4.78, 5) is 25.1. The second-order valence-electron chi connectivity index (χ2n) is 9.14. The molecule has 0 aromatic heterocycles. The van der Waals surface area contributed by atoms with E-state index in [0.29, 0.717) is 17.7 Å². The van der Waals surface area contributed by atoms with Gasteiger partial charge in [-0.3, -0.25) is 5.01 Å². The van der Waals surface area contributed by atoms with E-state index < -0.39 is 12.0 Å². The summed E-state index contributed by atoms with van der Waals surface area (Å²) in [5.41, 5.74) is 6.10. The number of esters is 1. The summed E-state index contributed by atoms with van der Waals surface area (Å²) >= 11 is 0. The first-order chi connectivity index (χ1) is 18.1. The van der Waals surface area contributed by atoms with Crippen LogP contribution in [0.1, 0.15) is 55.0 Å². The Kier molecular flexibility index (Phi) is 7.03. The van der Waals surface area contributed by atoms with Crippen LogP contribution >= 0.6 is 0 Å². The first kappa shape index (κ1) is 24.3. The van der Waals surface area contributed by atoms with Gasteiger partial charge in [0, 0.05) is 12.1 Å². The lowest BCUT2D eigenvalue weighted by atomic mass is 9.93. The van der Waals surface area contributed by atoms with Crippen LogP contribution in [0.3, 0.4) is 0 Å². The maximum Gasteiger partial charge on any atom is 0.337 e. The minimum Gasteiger partial charge on any atom is -0.466 e. The molecule has 3 aromatic rings. The number of allylic oxidation sites excluding steroid dienone is 1. The van der Waals surface area contributed by atoms with Crippen LogP contribution in [-0.2, 0) is 9.53 Å². The third-order valence-electron chi connectivity index (χ3n) is 6.75. The van der Waals surface area contributed by atoms with Crippen molar-refractivity contribution in [2.75, 3.05) is 12.1 Å². The molecule has 0 spiro atoms. The quantitative estimate of drug-likeness (QED) is 0.418. The van der Waals surface area contributed by atoms with Crippen molar-refractivity contribution in [1.82, 2.24) is 10.6 Å². The number of amides is 2. The number of nitrogens with zero attached hydrogens (tertiary/aromatic N) is 2. The molecule has 7 nitrogen and oxygen atoms in total. The predicted molar refractivity (Wildman–Crippen MR) is 144 cm³/mol. The van der Waals surface area contributed by atoms with E-state index in [1.807, 2.05) is 67.6 Å². The van der Waals surface area contributed by atoms with Crippen molar-refractivity contribution in [3.63, 3.8) is 0 Å². The van der Waals surface area contributed by atoms with Crippen LogP contribution in [0.4, 0.5) is 10.5 Å². The maximum atomic E-state index is 12.7. The zero-order valence-electron chi connectivity index (χ0n) is 21.0. The molecular formula is C30H30N4O3. The van der Waals surface area contributed by atoms with E-state index in [0.717, 1.165) is 35.4 Å². The van der Waals surface area contributed by atoms with E-state index in [1.54, 1.807) is 0 Å². The van der Waals surface area contributed by atoms with Crippen LogP contribution in [0.5, 0.6) is 0 Å². The molecule has 0 bridgehead atoms. The molecule has 2 aliphatic rings. The molecule has 3 aromatic carbocycles. The molecule has 2 unspecified atom stereocenters. The average molecular weight is 495 g/mol. The van der Waals surface area contributed by atoms with E-state index >= 15 is 0 Å². The highest BCUT2D eigenvalue weighted by molar-refractivity contribution is 6.03. The lowest BCUT2D eigenvalue weighted by Crippen LogP contribution is -2.45. The normalized spacial score (nSPS) is 19.2. The van der Waals surface area contributed by atoms with Crippen molar-refractivity contribution < 1.29 is 14.3 Å². The Balaban J connectivity index is 1.50. The van der Waals surface area contributed by atoms with Gasteiger partial charge < -0.3 is 15.4 Å². The zero-order valence-corrected chi connectivity index (χ0v) is 21.0. The number of nitrogens with one attached hydrogen (secondary N) is 2. The number of anilines is 1. The van der Waals surface area contributed by atoms with Crippen molar-refractivity contribution in [3.8, 4) is 0 Å². The first-order valence-electron chi connectivity index (χ1n) is 12.5. The molecule has 0 fully saturated rings. The number of carbonyl (C=O) groups excluding carboxylic acids is 2. The average Bonchev–Trinajstić information content (AvgIpc) is 3.39. The fourth-order valence-corrected chi connectivity index (χ4v) is 4.97. The van der Waals surface area contributed by atoms with Crippen molar-refractivity contribution in [2.45, 2.75) is 38.3 Å². The Labute approximate surface area is 216 Å². The summed E-state index contributed by atoms with van der Waals surface area (Å²) in [7, 11) is 1.36. The molecule has 188 valence electrons. The number of carbonyl (C=O) groups is 2. The highest BCUT2D eigenvalue weighted by Crippen LogP contribution is 2.38. The molecule has 2 heterocycles. The maximum absolute atomic E-state index is 12.7. The third-order valence-corrected chi connectivity index (χ3v) is 6.75. The van der Waals surface area contributed by atoms with Gasteiger partial charge in [-0.2, -0.15) is 5.10 Å². The Hall–Kier alpha value is -4.39. The molecular weight excluding hydrogens is 464 g/mol. The highest BCUT2D eigenvalue weighted by atomic mass is 16.5. The molecule has 2 amide bonds. The van der Waals surface area contributed by atoms with E-state index in [4.69, 9.17) is 9.84 Å². The van der Waals surface area contributed by atoms with Crippen LogP contribution in [0.2, 0.25) is 0 Å². The SMILES string of the molecule is CCCC1=C(C(=O)OC)C(c2ccc(N3N=C(c4ccccc4)CC3c3ccccc3)cc2)NC(=O)N1. The molecule has 2 atom stereocenters. The largest absolute Gasteiger partial charge is 0.466 e. The van der Waals surface area contributed by atoms with Crippen LogP contribution in [0, 0.1) is 0 Å². The van der Waals surface area contributed by atoms with E-state index in [-0.39, 0.29) is 12.1 Å². The number of urea groups is 1. The highest BCUT2D eigenvalue weighted by Gasteiger charge is 2.34. The third kappa shape index (κ3) is 4.98. The summed E-state index contributed by atoms with van der Waals surface area (Å²) in [6, 6.07) is 27.6. The van der Waals surface area contributed by atoms with E-state index in [9.17, 15) is 9.59 Å². The lowest BCUT2D eigenvalue weighted by molar-refractivity contribution is -0.136. The van der Waals surface area contributed by atoms with Gasteiger partial charge in [0.25, 0.3) is 0 Å². The van der Waals surface area contributed by atoms with Crippen molar-refractivity contribution in [1.29, 1.82) is 0 Å². The fourth-order valence-electron chi connectivity index (χ4n) is 4.97. The molecule has 7 heteroatoms. The summed E-state index contributed by atoms with van der Waals surface area (Å²) in [5.74, 6) is -0.453. The fraction of sp³-hybridized carbons (Fsp3) is 0.233. The number of ether oxygens (including phenoxy) is 1. The van der Waals surface area contributed by atoms with E-state index in [2.05, 4.69) is 39.9 Å². The molecule has 0 saturated carbocycles. The number of methoxy groups -OCH3 is 1. The molecule has 5 rings (SSSR count). The zero-order chi connectivity index (χ0) is 25.8. The van der Waals surface area contributed by atoms with Gasteiger partial charge in [-0.1, -0.05) is 86.1 Å². The molecule has 0 saturated heterocycles. The van der Waals surface area contributed by atoms with Crippen LogP contribution in [0.15, 0.2) is 101 Å². The minimum absolute atomic E-state index is 0.0579. The van der Waals surface area contributed by atoms with Crippen molar-refractivity contribution in [3.05, 3.63) is 113 Å². The number of hydrogen-bond acceptors (Lipinski definition) is 5. The van der Waals surface area contributed by atoms with Crippen molar-refractivity contribution >= 4 is 23.4 Å². The summed E-state index contributed by atoms with van der Waals surface area (Å²) < 4.78 is 5.06. The van der Waals surface area contributed by atoms with Gasteiger partial charge in [0.05, 0.1) is 36.2 Å². The Morgan fingerprint density at radius 2 is 1.65 bits per heavy atom. The van der Waals surface area contributed by atoms with Gasteiger partial charge in [-0.15, -0.1) is 0 Å². The summed E-state index contributed by atoms with van der Waals surface area (Å²) in [6.07, 6.45) is 2.16. The lowest BCUT2D eigenvalue weighted by Gasteiger charge is -2.29. The van der Waals surface area contributed by atoms with Gasteiger partial charge in [0.2, 0.25) is 0 Å². The molecule has 37 heavy (non-hydrogen) atoms. The summed E-state index contributed by atoms with van der Waals surface area (Å²) in [5, 5.41) is 12.8. The number of rotatable bonds is 7. The van der Waals surface area contributed by atoms with Gasteiger partial charge in [0.15, 0.2) is 0 Å². The van der Waals surface area contributed by atoms with E-state index in [1.165, 1.54) is 12.7 Å². The topological polar surface area (TPSA) is 83.0 Å². The molecule has 0 radical (unpaired) electrons. The Bertz CT molecular complexity index is 1330. The van der Waals surface area contributed by atoms with Crippen LogP contribution in [0.25, 0.3) is 0 Å². The summed E-state index contributed by atoms with van der Waals surface area (Å²) in [6.45, 7) is 2.00. The second-order valence-corrected chi connectivity index (χ2v) is 9.14. The predicted octanol–water partition coefficient (Wildman–Crippen LogP) is 5.62. The second kappa shape index (κ2) is 10.7. The smallest absolute Gasteiger partial charge is 0.337 e. The van der Waals surface area contributed by atoms with Gasteiger partial charge >= 0.3 is 12.0 Å². The Morgan fingerprint density at radius 1 is 0.973 bits per heavy atom. The first-order valence-corrected chi connectivity index (χ1v) is 12.5. The molecule has 2 N–H and O–H groups in total. The minimum atomic E-state index is -0.594. The monoisotopic (exact) mass is 494 g/mol. The van der Waals surface area contributed by atoms with Gasteiger partial charge in [-0.05, 0) is 35.2 Å². The van der Waals surface area contributed by atoms with Crippen LogP contribution in [-0.4, -0.2) is 24.8 Å². The number of benzene rings is 3. The standard InChI is InChI=1S/C30H30N4O3/c1-3-10-24-27(29(35)37-2)28(32-30(36)31-24)22-15-17-23(18-16-22)34-26(21-13-8-5-9-14-21)19-25(33-34)20-11-6-4-7-12-20/h4-9,11-18,26,28H,3,10,19H2,1-2H3,(H2,31,32,36). The van der Waals surface area contributed by atoms with Gasteiger partial charge in [-0.25, -0.2) is 9.59 Å². The van der Waals surface area contributed by atoms with Crippen molar-refractivity contribution in [2.24, 2.45) is 5.10 Å². The Morgan fingerprint density at radius 3 is 2.30 bits per heavy atom. The molecule has 2 aliphatic heterocycles. The molecule has 0 aliphatic carbocycles. The van der Waals surface area contributed by atoms with Gasteiger partial charge in [0.1, 0.15) is 0 Å². The number of hydrogen-bond donors (Lipinski definition) is 2. The van der Waals surface area contributed by atoms with Crippen LogP contribution < -0.4 is 15.6 Å². The number of hydrazone groups is 1.